The van der Waals surface area contributed by atoms with Crippen LogP contribution in [0.5, 0.6) is 0 Å². The van der Waals surface area contributed by atoms with Crippen LogP contribution in [0.1, 0.15) is 12.8 Å². The molecule has 96 valence electrons. The lowest BCUT2D eigenvalue weighted by Gasteiger charge is -2.21. The van der Waals surface area contributed by atoms with E-state index in [4.69, 9.17) is 0 Å². The molecule has 0 aromatic rings. The Morgan fingerprint density at radius 3 is 2.65 bits per heavy atom. The van der Waals surface area contributed by atoms with Crippen molar-refractivity contribution < 1.29 is 27.5 Å². The van der Waals surface area contributed by atoms with Gasteiger partial charge in [-0.1, -0.05) is 0 Å². The van der Waals surface area contributed by atoms with Crippen molar-refractivity contribution in [1.82, 2.24) is 14.8 Å². The normalized spacial score (nSPS) is 20.6. The summed E-state index contributed by atoms with van der Waals surface area (Å²) in [5.41, 5.74) is 0. The number of carbonyl (C=O) groups is 3. The van der Waals surface area contributed by atoms with E-state index in [1.54, 1.807) is 0 Å². The third kappa shape index (κ3) is 4.00. The van der Waals surface area contributed by atoms with Crippen LogP contribution in [-0.2, 0) is 24.5 Å². The van der Waals surface area contributed by atoms with E-state index in [-0.39, 0.29) is 12.8 Å². The summed E-state index contributed by atoms with van der Waals surface area (Å²) in [6.07, 6.45) is -1.12. The minimum Gasteiger partial charge on any atom is -0.452 e. The highest BCUT2D eigenvalue weighted by Gasteiger charge is 2.30. The van der Waals surface area contributed by atoms with Crippen LogP contribution in [0.15, 0.2) is 0 Å². The molecule has 1 saturated heterocycles. The summed E-state index contributed by atoms with van der Waals surface area (Å²) in [5.74, 6) is -1.22. The van der Waals surface area contributed by atoms with Gasteiger partial charge < -0.3 is 4.74 Å². The first-order valence-corrected chi connectivity index (χ1v) is 6.04. The molecule has 9 nitrogen and oxygen atoms in total. The first kappa shape index (κ1) is 13.4. The zero-order valence-corrected chi connectivity index (χ0v) is 9.67. The molecule has 1 aliphatic rings. The smallest absolute Gasteiger partial charge is 0.421 e. The van der Waals surface area contributed by atoms with E-state index in [0.29, 0.717) is 0 Å². The largest absolute Gasteiger partial charge is 0.452 e. The number of methoxy groups -OCH3 is 1. The van der Waals surface area contributed by atoms with Gasteiger partial charge in [0.05, 0.1) is 7.11 Å². The van der Waals surface area contributed by atoms with Gasteiger partial charge in [-0.3, -0.25) is 14.9 Å². The molecule has 0 aliphatic carbocycles. The maximum Gasteiger partial charge on any atom is 0.421 e. The standard InChI is InChI=1S/C7H11N3O6S/c1-16-7(13)10-17(14,15)9-4-2-3-5(11)8-6(4)12/h4,9H,2-3H2,1H3,(H,10,13)(H,8,11,12). The average Bonchev–Trinajstić information content (AvgIpc) is 2.21. The van der Waals surface area contributed by atoms with Gasteiger partial charge in [-0.25, -0.2) is 9.52 Å². The number of carbonyl (C=O) groups excluding carboxylic acids is 3. The molecule has 0 saturated carbocycles. The van der Waals surface area contributed by atoms with Gasteiger partial charge in [0.15, 0.2) is 0 Å². The minimum absolute atomic E-state index is 0.0250. The van der Waals surface area contributed by atoms with Crippen molar-refractivity contribution in [3.05, 3.63) is 0 Å². The monoisotopic (exact) mass is 265 g/mol. The highest BCUT2D eigenvalue weighted by Crippen LogP contribution is 2.05. The maximum absolute atomic E-state index is 11.3. The van der Waals surface area contributed by atoms with Crippen LogP contribution in [0.2, 0.25) is 0 Å². The molecule has 0 aromatic carbocycles. The van der Waals surface area contributed by atoms with Gasteiger partial charge in [0, 0.05) is 6.42 Å². The Balaban J connectivity index is 2.62. The molecule has 1 fully saturated rings. The third-order valence-electron chi connectivity index (χ3n) is 1.94. The predicted molar refractivity (Wildman–Crippen MR) is 53.8 cm³/mol. The van der Waals surface area contributed by atoms with E-state index in [9.17, 15) is 22.8 Å². The number of ether oxygens (including phenoxy) is 1. The second-order valence-corrected chi connectivity index (χ2v) is 4.67. The van der Waals surface area contributed by atoms with Gasteiger partial charge >= 0.3 is 16.3 Å². The highest BCUT2D eigenvalue weighted by atomic mass is 32.2. The Hall–Kier alpha value is -1.68. The van der Waals surface area contributed by atoms with Crippen LogP contribution < -0.4 is 14.8 Å². The van der Waals surface area contributed by atoms with E-state index >= 15 is 0 Å². The molecular formula is C7H11N3O6S. The topological polar surface area (TPSA) is 131 Å². The Bertz CT molecular complexity index is 445. The van der Waals surface area contributed by atoms with Crippen LogP contribution in [0.4, 0.5) is 4.79 Å². The van der Waals surface area contributed by atoms with Crippen LogP contribution >= 0.6 is 0 Å². The summed E-state index contributed by atoms with van der Waals surface area (Å²) >= 11 is 0. The van der Waals surface area contributed by atoms with Gasteiger partial charge in [-0.15, -0.1) is 0 Å². The zero-order valence-electron chi connectivity index (χ0n) is 8.85. The SMILES string of the molecule is COC(=O)NS(=O)(=O)NC1CCC(=O)NC1=O. The second-order valence-electron chi connectivity index (χ2n) is 3.22. The number of piperidine rings is 1. The third-order valence-corrected chi connectivity index (χ3v) is 2.97. The van der Waals surface area contributed by atoms with Crippen LogP contribution in [-0.4, -0.2) is 39.5 Å². The fourth-order valence-electron chi connectivity index (χ4n) is 1.17. The summed E-state index contributed by atoms with van der Waals surface area (Å²) in [6.45, 7) is 0. The predicted octanol–water partition coefficient (Wildman–Crippen LogP) is -2.02. The van der Waals surface area contributed by atoms with Crippen molar-refractivity contribution in [1.29, 1.82) is 0 Å². The summed E-state index contributed by atoms with van der Waals surface area (Å²) in [5, 5.41) is 1.97. The fraction of sp³-hybridized carbons (Fsp3) is 0.571. The van der Waals surface area contributed by atoms with Gasteiger partial charge in [0.25, 0.3) is 0 Å². The molecule has 10 heteroatoms. The van der Waals surface area contributed by atoms with E-state index in [0.717, 1.165) is 7.11 Å². The summed E-state index contributed by atoms with van der Waals surface area (Å²) in [7, 11) is -3.19. The number of amides is 3. The van der Waals surface area contributed by atoms with Crippen LogP contribution in [0, 0.1) is 0 Å². The molecule has 0 radical (unpaired) electrons. The number of nitrogens with one attached hydrogen (secondary N) is 3. The lowest BCUT2D eigenvalue weighted by Crippen LogP contribution is -2.55. The molecule has 3 amide bonds. The molecule has 3 N–H and O–H groups in total. The lowest BCUT2D eigenvalue weighted by atomic mass is 10.1. The molecular weight excluding hydrogens is 254 g/mol. The zero-order chi connectivity index (χ0) is 13.1. The molecule has 1 heterocycles. The molecule has 1 rings (SSSR count). The number of hydrogen-bond acceptors (Lipinski definition) is 6. The quantitative estimate of drug-likeness (QED) is 0.505. The van der Waals surface area contributed by atoms with Crippen molar-refractivity contribution in [3.8, 4) is 0 Å². The fourth-order valence-corrected chi connectivity index (χ4v) is 2.14. The van der Waals surface area contributed by atoms with Gasteiger partial charge in [0.2, 0.25) is 11.8 Å². The van der Waals surface area contributed by atoms with E-state index in [1.165, 1.54) is 4.72 Å². The number of imide groups is 1. The van der Waals surface area contributed by atoms with Crippen molar-refractivity contribution in [2.45, 2.75) is 18.9 Å². The Labute approximate surface area is 97.1 Å². The molecule has 17 heavy (non-hydrogen) atoms. The average molecular weight is 265 g/mol. The molecule has 0 spiro atoms. The first-order valence-electron chi connectivity index (χ1n) is 4.56. The molecule has 0 bridgehead atoms. The van der Waals surface area contributed by atoms with E-state index in [1.807, 2.05) is 10.0 Å². The van der Waals surface area contributed by atoms with Crippen molar-refractivity contribution >= 4 is 28.1 Å². The minimum atomic E-state index is -4.19. The van der Waals surface area contributed by atoms with Gasteiger partial charge in [0.1, 0.15) is 6.04 Å². The van der Waals surface area contributed by atoms with E-state index < -0.39 is 34.2 Å². The first-order chi connectivity index (χ1) is 7.84. The Morgan fingerprint density at radius 1 is 1.47 bits per heavy atom. The summed E-state index contributed by atoms with van der Waals surface area (Å²) < 4.78 is 30.2. The Kier molecular flexibility index (Phi) is 4.02. The lowest BCUT2D eigenvalue weighted by molar-refractivity contribution is -0.134. The van der Waals surface area contributed by atoms with Crippen LogP contribution in [0.25, 0.3) is 0 Å². The van der Waals surface area contributed by atoms with Crippen molar-refractivity contribution in [2.75, 3.05) is 7.11 Å². The van der Waals surface area contributed by atoms with Crippen molar-refractivity contribution in [2.24, 2.45) is 0 Å². The maximum atomic E-state index is 11.3. The van der Waals surface area contributed by atoms with Crippen LogP contribution in [0.3, 0.4) is 0 Å². The number of hydrogen-bond donors (Lipinski definition) is 3. The van der Waals surface area contributed by atoms with E-state index in [2.05, 4.69) is 4.74 Å². The number of rotatable bonds is 3. The Morgan fingerprint density at radius 2 is 2.12 bits per heavy atom. The van der Waals surface area contributed by atoms with Gasteiger partial charge in [-0.05, 0) is 6.42 Å². The van der Waals surface area contributed by atoms with Gasteiger partial charge in [-0.2, -0.15) is 13.1 Å². The summed E-state index contributed by atoms with van der Waals surface area (Å²) in [4.78, 5) is 32.7. The molecule has 1 unspecified atom stereocenters. The van der Waals surface area contributed by atoms with Crippen molar-refractivity contribution in [3.63, 3.8) is 0 Å². The highest BCUT2D eigenvalue weighted by molar-refractivity contribution is 7.88. The molecule has 1 aliphatic heterocycles. The second kappa shape index (κ2) is 5.10. The molecule has 1 atom stereocenters. The molecule has 0 aromatic heterocycles. The summed E-state index contributed by atoms with van der Waals surface area (Å²) in [6, 6.07) is -1.09.